The number of hydrogen-bond donors (Lipinski definition) is 2. The van der Waals surface area contributed by atoms with Crippen LogP contribution >= 0.6 is 12.2 Å². The molecule has 2 rings (SSSR count). The van der Waals surface area contributed by atoms with Crippen LogP contribution in [-0.4, -0.2) is 31.4 Å². The average Bonchev–Trinajstić information content (AvgIpc) is 2.58. The Morgan fingerprint density at radius 1 is 1.08 bits per heavy atom. The predicted octanol–water partition coefficient (Wildman–Crippen LogP) is 2.90. The molecule has 24 heavy (non-hydrogen) atoms. The van der Waals surface area contributed by atoms with E-state index in [2.05, 4.69) is 15.6 Å². The molecule has 1 aromatic carbocycles. The fraction of sp³-hybridized carbons (Fsp3) is 0.294. The van der Waals surface area contributed by atoms with Gasteiger partial charge in [0.1, 0.15) is 5.82 Å². The molecule has 6 nitrogen and oxygen atoms in total. The largest absolute Gasteiger partial charge is 0.493 e. The minimum absolute atomic E-state index is 0.488. The number of nitrogens with zero attached hydrogens (tertiary/aromatic N) is 1. The highest BCUT2D eigenvalue weighted by Crippen LogP contribution is 2.38. The molecule has 2 aromatic rings. The molecule has 0 bridgehead atoms. The number of pyridine rings is 1. The van der Waals surface area contributed by atoms with Gasteiger partial charge in [-0.15, -0.1) is 0 Å². The third-order valence-corrected chi connectivity index (χ3v) is 3.55. The molecule has 7 heteroatoms. The molecular weight excluding hydrogens is 326 g/mol. The van der Waals surface area contributed by atoms with Crippen LogP contribution in [-0.2, 0) is 6.54 Å². The standard InChI is InChI=1S/C17H21N3O3S/c1-11-6-5-7-15(19-11)20-17(24)18-10-12-8-13(21-2)16(23-4)14(9-12)22-3/h5-9H,10H2,1-4H3,(H2,18,19,20,24). The molecule has 0 saturated heterocycles. The van der Waals surface area contributed by atoms with Crippen LogP contribution in [0.15, 0.2) is 30.3 Å². The fourth-order valence-corrected chi connectivity index (χ4v) is 2.37. The van der Waals surface area contributed by atoms with Crippen molar-refractivity contribution >= 4 is 23.1 Å². The Hall–Kier alpha value is -2.54. The first-order chi connectivity index (χ1) is 11.6. The maximum atomic E-state index is 5.34. The molecule has 128 valence electrons. The van der Waals surface area contributed by atoms with Crippen molar-refractivity contribution in [3.8, 4) is 17.2 Å². The quantitative estimate of drug-likeness (QED) is 0.779. The maximum absolute atomic E-state index is 5.34. The molecule has 0 aliphatic heterocycles. The first kappa shape index (κ1) is 17.8. The van der Waals surface area contributed by atoms with Crippen LogP contribution in [0.5, 0.6) is 17.2 Å². The highest BCUT2D eigenvalue weighted by Gasteiger charge is 2.13. The van der Waals surface area contributed by atoms with Crippen LogP contribution in [0.1, 0.15) is 11.3 Å². The second-order valence-electron chi connectivity index (χ2n) is 5.01. The molecule has 2 N–H and O–H groups in total. The van der Waals surface area contributed by atoms with Gasteiger partial charge in [-0.2, -0.15) is 0 Å². The molecule has 0 aliphatic carbocycles. The fourth-order valence-electron chi connectivity index (χ4n) is 2.19. The summed E-state index contributed by atoms with van der Waals surface area (Å²) in [6.07, 6.45) is 0. The molecule has 0 aliphatic rings. The molecule has 0 atom stereocenters. The first-order valence-electron chi connectivity index (χ1n) is 7.34. The summed E-state index contributed by atoms with van der Waals surface area (Å²) in [6.45, 7) is 2.44. The Bertz CT molecular complexity index is 697. The Labute approximate surface area is 147 Å². The van der Waals surface area contributed by atoms with E-state index in [4.69, 9.17) is 26.4 Å². The van der Waals surface area contributed by atoms with Crippen molar-refractivity contribution in [1.29, 1.82) is 0 Å². The zero-order chi connectivity index (χ0) is 17.5. The number of aromatic nitrogens is 1. The molecule has 1 aromatic heterocycles. The smallest absolute Gasteiger partial charge is 0.203 e. The lowest BCUT2D eigenvalue weighted by molar-refractivity contribution is 0.323. The van der Waals surface area contributed by atoms with Crippen molar-refractivity contribution < 1.29 is 14.2 Å². The van der Waals surface area contributed by atoms with E-state index in [0.717, 1.165) is 11.3 Å². The van der Waals surface area contributed by atoms with E-state index in [1.807, 2.05) is 37.3 Å². The zero-order valence-electron chi connectivity index (χ0n) is 14.2. The molecule has 0 saturated carbocycles. The van der Waals surface area contributed by atoms with Crippen molar-refractivity contribution in [3.63, 3.8) is 0 Å². The van der Waals surface area contributed by atoms with Gasteiger partial charge >= 0.3 is 0 Å². The monoisotopic (exact) mass is 347 g/mol. The number of benzene rings is 1. The third kappa shape index (κ3) is 4.48. The number of anilines is 1. The number of aryl methyl sites for hydroxylation is 1. The van der Waals surface area contributed by atoms with Gasteiger partial charge in [-0.05, 0) is 49.0 Å². The summed E-state index contributed by atoms with van der Waals surface area (Å²) >= 11 is 5.30. The van der Waals surface area contributed by atoms with Gasteiger partial charge in [0.2, 0.25) is 5.75 Å². The summed E-state index contributed by atoms with van der Waals surface area (Å²) < 4.78 is 16.0. The van der Waals surface area contributed by atoms with Gasteiger partial charge in [0.25, 0.3) is 0 Å². The van der Waals surface area contributed by atoms with Crippen LogP contribution in [0.4, 0.5) is 5.82 Å². The van der Waals surface area contributed by atoms with Crippen molar-refractivity contribution in [2.24, 2.45) is 0 Å². The first-order valence-corrected chi connectivity index (χ1v) is 7.75. The molecular formula is C17H21N3O3S. The summed E-state index contributed by atoms with van der Waals surface area (Å²) in [5.74, 6) is 2.48. The second-order valence-corrected chi connectivity index (χ2v) is 5.41. The lowest BCUT2D eigenvalue weighted by Gasteiger charge is -2.15. The van der Waals surface area contributed by atoms with Gasteiger partial charge < -0.3 is 24.8 Å². The van der Waals surface area contributed by atoms with Gasteiger partial charge in [0.15, 0.2) is 16.6 Å². The summed E-state index contributed by atoms with van der Waals surface area (Å²) in [6, 6.07) is 9.47. The zero-order valence-corrected chi connectivity index (χ0v) is 15.0. The Morgan fingerprint density at radius 2 is 1.75 bits per heavy atom. The molecule has 0 radical (unpaired) electrons. The normalized spacial score (nSPS) is 10.0. The summed E-state index contributed by atoms with van der Waals surface area (Å²) in [4.78, 5) is 4.35. The summed E-state index contributed by atoms with van der Waals surface area (Å²) in [5.41, 5.74) is 1.87. The van der Waals surface area contributed by atoms with E-state index < -0.39 is 0 Å². The second kappa shape index (κ2) is 8.35. The number of methoxy groups -OCH3 is 3. The minimum atomic E-state index is 0.488. The summed E-state index contributed by atoms with van der Waals surface area (Å²) in [5, 5.41) is 6.68. The number of rotatable bonds is 6. The highest BCUT2D eigenvalue weighted by molar-refractivity contribution is 7.80. The van der Waals surface area contributed by atoms with Crippen molar-refractivity contribution in [1.82, 2.24) is 10.3 Å². The number of nitrogens with one attached hydrogen (secondary N) is 2. The average molecular weight is 347 g/mol. The van der Waals surface area contributed by atoms with Crippen LogP contribution in [0.3, 0.4) is 0 Å². The lowest BCUT2D eigenvalue weighted by atomic mass is 10.2. The number of ether oxygens (including phenoxy) is 3. The van der Waals surface area contributed by atoms with E-state index >= 15 is 0 Å². The topological polar surface area (TPSA) is 64.6 Å². The third-order valence-electron chi connectivity index (χ3n) is 3.31. The van der Waals surface area contributed by atoms with E-state index in [-0.39, 0.29) is 0 Å². The number of hydrogen-bond acceptors (Lipinski definition) is 5. The van der Waals surface area contributed by atoms with Crippen LogP contribution in [0.2, 0.25) is 0 Å². The maximum Gasteiger partial charge on any atom is 0.203 e. The van der Waals surface area contributed by atoms with E-state index in [1.165, 1.54) is 0 Å². The lowest BCUT2D eigenvalue weighted by Crippen LogP contribution is -2.28. The van der Waals surface area contributed by atoms with Crippen LogP contribution in [0.25, 0.3) is 0 Å². The molecule has 0 fully saturated rings. The van der Waals surface area contributed by atoms with Gasteiger partial charge in [0.05, 0.1) is 21.3 Å². The summed E-state index contributed by atoms with van der Waals surface area (Å²) in [7, 11) is 4.75. The molecule has 1 heterocycles. The minimum Gasteiger partial charge on any atom is -0.493 e. The Balaban J connectivity index is 2.04. The van der Waals surface area contributed by atoms with Gasteiger partial charge in [-0.1, -0.05) is 6.07 Å². The Kier molecular flexibility index (Phi) is 6.20. The molecule has 0 spiro atoms. The van der Waals surface area contributed by atoms with Gasteiger partial charge in [0, 0.05) is 12.2 Å². The molecule has 0 unspecified atom stereocenters. The van der Waals surface area contributed by atoms with Crippen molar-refractivity contribution in [3.05, 3.63) is 41.6 Å². The SMILES string of the molecule is COc1cc(CNC(=S)Nc2cccc(C)n2)cc(OC)c1OC. The van der Waals surface area contributed by atoms with Crippen molar-refractivity contribution in [2.45, 2.75) is 13.5 Å². The molecule has 0 amide bonds. The van der Waals surface area contributed by atoms with Crippen LogP contribution < -0.4 is 24.8 Å². The number of thiocarbonyl (C=S) groups is 1. The van der Waals surface area contributed by atoms with Crippen LogP contribution in [0, 0.1) is 6.92 Å². The predicted molar refractivity (Wildman–Crippen MR) is 98.1 cm³/mol. The van der Waals surface area contributed by atoms with E-state index in [1.54, 1.807) is 21.3 Å². The van der Waals surface area contributed by atoms with Crippen molar-refractivity contribution in [2.75, 3.05) is 26.6 Å². The van der Waals surface area contributed by atoms with E-state index in [0.29, 0.717) is 34.7 Å². The van der Waals surface area contributed by atoms with E-state index in [9.17, 15) is 0 Å². The Morgan fingerprint density at radius 3 is 2.29 bits per heavy atom. The highest BCUT2D eigenvalue weighted by atomic mass is 32.1. The van der Waals surface area contributed by atoms with Gasteiger partial charge in [-0.3, -0.25) is 0 Å². The van der Waals surface area contributed by atoms with Gasteiger partial charge in [-0.25, -0.2) is 4.98 Å².